The predicted molar refractivity (Wildman–Crippen MR) is 59.4 cm³/mol. The Labute approximate surface area is 92.8 Å². The molecule has 0 amide bonds. The van der Waals surface area contributed by atoms with Crippen molar-refractivity contribution in [3.05, 3.63) is 22.8 Å². The summed E-state index contributed by atoms with van der Waals surface area (Å²) in [6.45, 7) is 3.05. The standard InChI is InChI=1S/C11H14BrNO/c1-2-11(5-6-11)8-14-10-4-3-9(12)7-13-10/h3-4,7H,2,5-6,8H2,1H3. The first kappa shape index (κ1) is 9.97. The third-order valence-corrected chi connectivity index (χ3v) is 3.40. The number of rotatable bonds is 4. The summed E-state index contributed by atoms with van der Waals surface area (Å²) in [5.74, 6) is 0.730. The van der Waals surface area contributed by atoms with Gasteiger partial charge < -0.3 is 4.74 Å². The van der Waals surface area contributed by atoms with Gasteiger partial charge in [0.2, 0.25) is 5.88 Å². The van der Waals surface area contributed by atoms with Gasteiger partial charge in [0.25, 0.3) is 0 Å². The number of ether oxygens (including phenoxy) is 1. The molecule has 14 heavy (non-hydrogen) atoms. The molecule has 76 valence electrons. The van der Waals surface area contributed by atoms with E-state index in [1.807, 2.05) is 12.1 Å². The second kappa shape index (κ2) is 3.89. The van der Waals surface area contributed by atoms with Crippen molar-refractivity contribution in [1.29, 1.82) is 0 Å². The molecule has 0 bridgehead atoms. The zero-order valence-corrected chi connectivity index (χ0v) is 9.88. The van der Waals surface area contributed by atoms with Crippen LogP contribution in [-0.2, 0) is 0 Å². The summed E-state index contributed by atoms with van der Waals surface area (Å²) in [5.41, 5.74) is 0.467. The quantitative estimate of drug-likeness (QED) is 0.823. The highest BCUT2D eigenvalue weighted by Gasteiger charge is 2.41. The van der Waals surface area contributed by atoms with Gasteiger partial charge in [-0.3, -0.25) is 0 Å². The molecule has 1 heterocycles. The predicted octanol–water partition coefficient (Wildman–Crippen LogP) is 3.41. The monoisotopic (exact) mass is 255 g/mol. The van der Waals surface area contributed by atoms with Gasteiger partial charge in [-0.25, -0.2) is 4.98 Å². The fourth-order valence-electron chi connectivity index (χ4n) is 1.45. The van der Waals surface area contributed by atoms with Crippen molar-refractivity contribution >= 4 is 15.9 Å². The maximum Gasteiger partial charge on any atom is 0.213 e. The van der Waals surface area contributed by atoms with E-state index in [0.717, 1.165) is 17.0 Å². The lowest BCUT2D eigenvalue weighted by Crippen LogP contribution is -2.12. The molecule has 1 aromatic rings. The maximum atomic E-state index is 5.65. The molecular formula is C11H14BrNO. The molecule has 0 unspecified atom stereocenters. The smallest absolute Gasteiger partial charge is 0.213 e. The molecule has 0 aliphatic heterocycles. The molecule has 0 radical (unpaired) electrons. The van der Waals surface area contributed by atoms with Gasteiger partial charge in [-0.05, 0) is 41.3 Å². The van der Waals surface area contributed by atoms with Crippen molar-refractivity contribution in [1.82, 2.24) is 4.98 Å². The van der Waals surface area contributed by atoms with Crippen molar-refractivity contribution in [2.45, 2.75) is 26.2 Å². The molecule has 2 rings (SSSR count). The Hall–Kier alpha value is -0.570. The average molecular weight is 256 g/mol. The first-order valence-corrected chi connectivity index (χ1v) is 5.78. The lowest BCUT2D eigenvalue weighted by molar-refractivity contribution is 0.222. The fraction of sp³-hybridized carbons (Fsp3) is 0.545. The Morgan fingerprint density at radius 1 is 1.50 bits per heavy atom. The zero-order valence-electron chi connectivity index (χ0n) is 8.29. The van der Waals surface area contributed by atoms with Crippen LogP contribution in [0.3, 0.4) is 0 Å². The van der Waals surface area contributed by atoms with Crippen LogP contribution in [-0.4, -0.2) is 11.6 Å². The van der Waals surface area contributed by atoms with Crippen molar-refractivity contribution in [3.63, 3.8) is 0 Å². The van der Waals surface area contributed by atoms with Gasteiger partial charge >= 0.3 is 0 Å². The number of hydrogen-bond donors (Lipinski definition) is 0. The van der Waals surface area contributed by atoms with Crippen LogP contribution in [0.2, 0.25) is 0 Å². The molecule has 2 nitrogen and oxygen atoms in total. The first-order valence-electron chi connectivity index (χ1n) is 4.98. The van der Waals surface area contributed by atoms with Crippen molar-refractivity contribution in [2.75, 3.05) is 6.61 Å². The molecule has 1 saturated carbocycles. The second-order valence-corrected chi connectivity index (χ2v) is 4.87. The summed E-state index contributed by atoms with van der Waals surface area (Å²) in [6, 6.07) is 3.85. The van der Waals surface area contributed by atoms with Gasteiger partial charge in [0, 0.05) is 22.2 Å². The fourth-order valence-corrected chi connectivity index (χ4v) is 1.69. The lowest BCUT2D eigenvalue weighted by Gasteiger charge is -2.12. The van der Waals surface area contributed by atoms with Gasteiger partial charge in [-0.2, -0.15) is 0 Å². The Morgan fingerprint density at radius 2 is 2.29 bits per heavy atom. The molecule has 1 aliphatic rings. The Morgan fingerprint density at radius 3 is 2.79 bits per heavy atom. The van der Waals surface area contributed by atoms with Gasteiger partial charge in [0.05, 0.1) is 6.61 Å². The van der Waals surface area contributed by atoms with Gasteiger partial charge in [0.15, 0.2) is 0 Å². The molecule has 1 fully saturated rings. The Balaban J connectivity index is 1.89. The van der Waals surface area contributed by atoms with Gasteiger partial charge in [-0.15, -0.1) is 0 Å². The maximum absolute atomic E-state index is 5.65. The molecule has 0 atom stereocenters. The Bertz CT molecular complexity index is 306. The molecule has 0 saturated heterocycles. The van der Waals surface area contributed by atoms with E-state index in [0.29, 0.717) is 5.41 Å². The molecule has 0 N–H and O–H groups in total. The highest BCUT2D eigenvalue weighted by atomic mass is 79.9. The second-order valence-electron chi connectivity index (χ2n) is 3.96. The highest BCUT2D eigenvalue weighted by Crippen LogP contribution is 2.48. The van der Waals surface area contributed by atoms with Crippen molar-refractivity contribution < 1.29 is 4.74 Å². The summed E-state index contributed by atoms with van der Waals surface area (Å²) in [5, 5.41) is 0. The lowest BCUT2D eigenvalue weighted by atomic mass is 10.1. The normalized spacial score (nSPS) is 17.9. The van der Waals surface area contributed by atoms with E-state index in [2.05, 4.69) is 27.8 Å². The van der Waals surface area contributed by atoms with E-state index in [1.165, 1.54) is 19.3 Å². The van der Waals surface area contributed by atoms with Gasteiger partial charge in [0.1, 0.15) is 0 Å². The minimum Gasteiger partial charge on any atom is -0.477 e. The van der Waals surface area contributed by atoms with Crippen LogP contribution in [0.5, 0.6) is 5.88 Å². The molecule has 0 spiro atoms. The first-order chi connectivity index (χ1) is 6.74. The van der Waals surface area contributed by atoms with Crippen LogP contribution in [0, 0.1) is 5.41 Å². The largest absolute Gasteiger partial charge is 0.477 e. The summed E-state index contributed by atoms with van der Waals surface area (Å²) in [7, 11) is 0. The highest BCUT2D eigenvalue weighted by molar-refractivity contribution is 9.10. The average Bonchev–Trinajstić information content (AvgIpc) is 2.98. The van der Waals surface area contributed by atoms with Crippen LogP contribution in [0.25, 0.3) is 0 Å². The summed E-state index contributed by atoms with van der Waals surface area (Å²) in [4.78, 5) is 4.17. The minimum atomic E-state index is 0.467. The topological polar surface area (TPSA) is 22.1 Å². The Kier molecular flexibility index (Phi) is 2.77. The van der Waals surface area contributed by atoms with Crippen LogP contribution < -0.4 is 4.74 Å². The third kappa shape index (κ3) is 2.27. The van der Waals surface area contributed by atoms with E-state index in [9.17, 15) is 0 Å². The molecule has 1 aliphatic carbocycles. The molecule has 1 aromatic heterocycles. The van der Waals surface area contributed by atoms with E-state index in [1.54, 1.807) is 6.20 Å². The van der Waals surface area contributed by atoms with Crippen molar-refractivity contribution in [3.8, 4) is 5.88 Å². The molecule has 3 heteroatoms. The number of halogens is 1. The van der Waals surface area contributed by atoms with Crippen LogP contribution in [0.1, 0.15) is 26.2 Å². The zero-order chi connectivity index (χ0) is 10.0. The number of pyridine rings is 1. The summed E-state index contributed by atoms with van der Waals surface area (Å²) >= 11 is 3.34. The number of hydrogen-bond acceptors (Lipinski definition) is 2. The van der Waals surface area contributed by atoms with Gasteiger partial charge in [-0.1, -0.05) is 6.92 Å². The molecular weight excluding hydrogens is 242 g/mol. The van der Waals surface area contributed by atoms with E-state index >= 15 is 0 Å². The van der Waals surface area contributed by atoms with Crippen LogP contribution in [0.15, 0.2) is 22.8 Å². The van der Waals surface area contributed by atoms with E-state index in [4.69, 9.17) is 4.74 Å². The summed E-state index contributed by atoms with van der Waals surface area (Å²) in [6.07, 6.45) is 5.59. The van der Waals surface area contributed by atoms with E-state index in [-0.39, 0.29) is 0 Å². The van der Waals surface area contributed by atoms with Crippen LogP contribution >= 0.6 is 15.9 Å². The van der Waals surface area contributed by atoms with Crippen LogP contribution in [0.4, 0.5) is 0 Å². The SMILES string of the molecule is CCC1(COc2ccc(Br)cn2)CC1. The van der Waals surface area contributed by atoms with E-state index < -0.39 is 0 Å². The third-order valence-electron chi connectivity index (χ3n) is 2.93. The number of aromatic nitrogens is 1. The van der Waals surface area contributed by atoms with Crippen molar-refractivity contribution in [2.24, 2.45) is 5.41 Å². The molecule has 0 aromatic carbocycles. The summed E-state index contributed by atoms with van der Waals surface area (Å²) < 4.78 is 6.63. The minimum absolute atomic E-state index is 0.467. The number of nitrogens with zero attached hydrogens (tertiary/aromatic N) is 1.